The fraction of sp³-hybridized carbons (Fsp3) is 0. The zero-order valence-electron chi connectivity index (χ0n) is 9.38. The van der Waals surface area contributed by atoms with Crippen LogP contribution in [0, 0.1) is 0 Å². The minimum atomic E-state index is 0.796. The highest BCUT2D eigenvalue weighted by atomic mass is 15.2. The Morgan fingerprint density at radius 3 is 3.06 bits per heavy atom. The number of aromatic nitrogens is 5. The number of hydrogen-bond acceptors (Lipinski definition) is 3. The fourth-order valence-electron chi connectivity index (χ4n) is 2.16. The van der Waals surface area contributed by atoms with Crippen molar-refractivity contribution in [2.75, 3.05) is 0 Å². The summed E-state index contributed by atoms with van der Waals surface area (Å²) in [5.41, 5.74) is 3.70. The second kappa shape index (κ2) is 3.40. The molecule has 0 amide bonds. The zero-order valence-corrected chi connectivity index (χ0v) is 9.38. The van der Waals surface area contributed by atoms with Gasteiger partial charge in [-0.2, -0.15) is 5.10 Å². The maximum Gasteiger partial charge on any atom is 0.155 e. The second-order valence-electron chi connectivity index (χ2n) is 4.12. The highest BCUT2D eigenvalue weighted by Gasteiger charge is 2.10. The third-order valence-electron chi connectivity index (χ3n) is 3.01. The lowest BCUT2D eigenvalue weighted by Gasteiger charge is -1.91. The number of nitrogens with one attached hydrogen (secondary N) is 2. The Morgan fingerprint density at radius 1 is 1.11 bits per heavy atom. The van der Waals surface area contributed by atoms with Gasteiger partial charge in [-0.25, -0.2) is 4.98 Å². The number of nitrogens with zero attached hydrogens (tertiary/aromatic N) is 3. The quantitative estimate of drug-likeness (QED) is 0.532. The summed E-state index contributed by atoms with van der Waals surface area (Å²) in [5, 5.41) is 9.34. The average Bonchev–Trinajstić information content (AvgIpc) is 3.02. The van der Waals surface area contributed by atoms with Crippen molar-refractivity contribution in [3.63, 3.8) is 0 Å². The number of H-pyrrole nitrogens is 2. The minimum absolute atomic E-state index is 0.796. The lowest BCUT2D eigenvalue weighted by molar-refractivity contribution is 1.10. The molecule has 0 spiro atoms. The molecule has 4 rings (SSSR count). The normalized spacial score (nSPS) is 11.3. The first-order valence-electron chi connectivity index (χ1n) is 5.64. The van der Waals surface area contributed by atoms with Crippen LogP contribution >= 0.6 is 0 Å². The monoisotopic (exact) mass is 235 g/mol. The van der Waals surface area contributed by atoms with Crippen molar-refractivity contribution in [2.45, 2.75) is 0 Å². The topological polar surface area (TPSA) is 70.2 Å². The molecule has 0 aliphatic carbocycles. The molecule has 18 heavy (non-hydrogen) atoms. The van der Waals surface area contributed by atoms with Crippen LogP contribution in [0.15, 0.2) is 42.9 Å². The lowest BCUT2D eigenvalue weighted by Crippen LogP contribution is -1.77. The smallest absolute Gasteiger partial charge is 0.155 e. The number of aromatic amines is 2. The molecule has 2 N–H and O–H groups in total. The van der Waals surface area contributed by atoms with Crippen molar-refractivity contribution in [3.8, 4) is 11.4 Å². The number of hydrogen-bond donors (Lipinski definition) is 2. The number of rotatable bonds is 1. The van der Waals surface area contributed by atoms with Gasteiger partial charge >= 0.3 is 0 Å². The van der Waals surface area contributed by atoms with Crippen molar-refractivity contribution < 1.29 is 0 Å². The van der Waals surface area contributed by atoms with Crippen LogP contribution in [-0.4, -0.2) is 25.1 Å². The fourth-order valence-corrected chi connectivity index (χ4v) is 2.16. The molecule has 4 heterocycles. The van der Waals surface area contributed by atoms with Crippen LogP contribution in [0.2, 0.25) is 0 Å². The van der Waals surface area contributed by atoms with Crippen molar-refractivity contribution in [1.82, 2.24) is 25.1 Å². The molecule has 0 atom stereocenters. The molecular weight excluding hydrogens is 226 g/mol. The Labute approximate surface area is 102 Å². The largest absolute Gasteiger partial charge is 0.353 e. The van der Waals surface area contributed by atoms with Crippen LogP contribution in [0.4, 0.5) is 0 Å². The highest BCUT2D eigenvalue weighted by Crippen LogP contribution is 2.26. The van der Waals surface area contributed by atoms with E-state index in [0.29, 0.717) is 0 Å². The third-order valence-corrected chi connectivity index (χ3v) is 3.01. The summed E-state index contributed by atoms with van der Waals surface area (Å²) in [6.07, 6.45) is 5.36. The van der Waals surface area contributed by atoms with E-state index < -0.39 is 0 Å². The molecule has 0 bridgehead atoms. The Bertz CT molecular complexity index is 809. The molecule has 0 aliphatic rings. The Hall–Kier alpha value is -2.69. The molecule has 0 aliphatic heterocycles. The molecule has 4 aromatic rings. The lowest BCUT2D eigenvalue weighted by atomic mass is 10.2. The van der Waals surface area contributed by atoms with Crippen molar-refractivity contribution in [1.29, 1.82) is 0 Å². The summed E-state index contributed by atoms with van der Waals surface area (Å²) < 4.78 is 0. The van der Waals surface area contributed by atoms with E-state index in [1.54, 1.807) is 12.4 Å². The first kappa shape index (κ1) is 9.35. The van der Waals surface area contributed by atoms with Crippen molar-refractivity contribution in [3.05, 3.63) is 42.9 Å². The first-order chi connectivity index (χ1) is 8.92. The molecule has 5 nitrogen and oxygen atoms in total. The van der Waals surface area contributed by atoms with E-state index in [1.807, 2.05) is 30.5 Å². The molecule has 86 valence electrons. The van der Waals surface area contributed by atoms with E-state index >= 15 is 0 Å². The molecule has 4 aromatic heterocycles. The molecule has 5 heteroatoms. The van der Waals surface area contributed by atoms with E-state index in [-0.39, 0.29) is 0 Å². The average molecular weight is 235 g/mol. The third kappa shape index (κ3) is 1.24. The van der Waals surface area contributed by atoms with Gasteiger partial charge in [-0.1, -0.05) is 0 Å². The zero-order chi connectivity index (χ0) is 11.9. The van der Waals surface area contributed by atoms with Gasteiger partial charge in [-0.15, -0.1) is 0 Å². The van der Waals surface area contributed by atoms with Gasteiger partial charge in [0.2, 0.25) is 0 Å². The molecule has 0 aromatic carbocycles. The maximum absolute atomic E-state index is 4.32. The Balaban J connectivity index is 2.01. The van der Waals surface area contributed by atoms with E-state index in [1.165, 1.54) is 0 Å². The van der Waals surface area contributed by atoms with E-state index in [9.17, 15) is 0 Å². The Morgan fingerprint density at radius 2 is 2.11 bits per heavy atom. The summed E-state index contributed by atoms with van der Waals surface area (Å²) in [6, 6.07) is 7.91. The summed E-state index contributed by atoms with van der Waals surface area (Å²) >= 11 is 0. The SMILES string of the molecule is c1cnc2[nH]nc(-c3cc4cnccc4[nH]3)c2c1. The summed E-state index contributed by atoms with van der Waals surface area (Å²) in [7, 11) is 0. The van der Waals surface area contributed by atoms with Gasteiger partial charge in [0.15, 0.2) is 5.65 Å². The molecule has 0 saturated heterocycles. The van der Waals surface area contributed by atoms with Crippen LogP contribution in [0.1, 0.15) is 0 Å². The predicted octanol–water partition coefficient (Wildman–Crippen LogP) is 2.50. The van der Waals surface area contributed by atoms with Gasteiger partial charge in [-0.05, 0) is 24.3 Å². The van der Waals surface area contributed by atoms with Crippen LogP contribution in [0.5, 0.6) is 0 Å². The van der Waals surface area contributed by atoms with E-state index in [2.05, 4.69) is 25.1 Å². The summed E-state index contributed by atoms with van der Waals surface area (Å²) in [6.45, 7) is 0. The van der Waals surface area contributed by atoms with Gasteiger partial charge < -0.3 is 4.98 Å². The molecule has 0 radical (unpaired) electrons. The van der Waals surface area contributed by atoms with Crippen LogP contribution in [0.3, 0.4) is 0 Å². The molecule has 0 unspecified atom stereocenters. The van der Waals surface area contributed by atoms with Crippen LogP contribution < -0.4 is 0 Å². The van der Waals surface area contributed by atoms with Gasteiger partial charge in [0.1, 0.15) is 5.69 Å². The molecule has 0 fully saturated rings. The number of pyridine rings is 2. The molecular formula is C13H9N5. The van der Waals surface area contributed by atoms with Crippen LogP contribution in [-0.2, 0) is 0 Å². The van der Waals surface area contributed by atoms with Crippen LogP contribution in [0.25, 0.3) is 33.3 Å². The standard InChI is InChI=1S/C13H9N5/c1-2-9-12(17-18-13(9)15-4-1)11-6-8-7-14-5-3-10(8)16-11/h1-7,16H,(H,15,17,18). The summed E-state index contributed by atoms with van der Waals surface area (Å²) in [4.78, 5) is 11.7. The van der Waals surface area contributed by atoms with E-state index in [4.69, 9.17) is 0 Å². The van der Waals surface area contributed by atoms with Gasteiger partial charge in [0, 0.05) is 34.9 Å². The second-order valence-corrected chi connectivity index (χ2v) is 4.12. The van der Waals surface area contributed by atoms with Gasteiger partial charge in [-0.3, -0.25) is 10.1 Å². The highest BCUT2D eigenvalue weighted by molar-refractivity contribution is 5.93. The molecule has 0 saturated carbocycles. The van der Waals surface area contributed by atoms with Gasteiger partial charge in [0.25, 0.3) is 0 Å². The minimum Gasteiger partial charge on any atom is -0.353 e. The maximum atomic E-state index is 4.32. The van der Waals surface area contributed by atoms with Crippen molar-refractivity contribution in [2.24, 2.45) is 0 Å². The summed E-state index contributed by atoms with van der Waals surface area (Å²) in [5.74, 6) is 0. The van der Waals surface area contributed by atoms with E-state index in [0.717, 1.165) is 33.3 Å². The van der Waals surface area contributed by atoms with Gasteiger partial charge in [0.05, 0.1) is 5.69 Å². The Kier molecular flexibility index (Phi) is 1.77. The first-order valence-corrected chi connectivity index (χ1v) is 5.64. The predicted molar refractivity (Wildman–Crippen MR) is 69.0 cm³/mol. The van der Waals surface area contributed by atoms with Crippen molar-refractivity contribution >= 4 is 21.9 Å². The number of fused-ring (bicyclic) bond motifs is 2.